The first-order chi connectivity index (χ1) is 13.2. The number of nitrogens with zero attached hydrogens (tertiary/aromatic N) is 2. The molecule has 0 aromatic rings. The number of aliphatic hydroxyl groups is 1. The second kappa shape index (κ2) is 12.8. The van der Waals surface area contributed by atoms with Gasteiger partial charge in [-0.2, -0.15) is 0 Å². The number of aliphatic imine (C=N–C) groups is 1. The second-order valence-electron chi connectivity index (χ2n) is 8.32. The summed E-state index contributed by atoms with van der Waals surface area (Å²) in [6.07, 6.45) is 2.55. The van der Waals surface area contributed by atoms with Crippen LogP contribution in [-0.2, 0) is 9.47 Å². The average molecular weight is 401 g/mol. The number of guanidine groups is 1. The van der Waals surface area contributed by atoms with Gasteiger partial charge in [-0.1, -0.05) is 6.92 Å². The Labute approximate surface area is 170 Å². The number of hydrogen-bond acceptors (Lipinski definition) is 5. The van der Waals surface area contributed by atoms with E-state index in [-0.39, 0.29) is 24.7 Å². The van der Waals surface area contributed by atoms with E-state index in [2.05, 4.69) is 27.4 Å². The molecule has 3 N–H and O–H groups in total. The van der Waals surface area contributed by atoms with Crippen molar-refractivity contribution in [2.75, 3.05) is 45.9 Å². The van der Waals surface area contributed by atoms with Crippen LogP contribution in [0.2, 0.25) is 0 Å². The van der Waals surface area contributed by atoms with Gasteiger partial charge in [-0.3, -0.25) is 4.99 Å². The molecule has 0 aliphatic carbocycles. The maximum Gasteiger partial charge on any atom is 0.407 e. The first kappa shape index (κ1) is 24.5. The Hall–Kier alpha value is -1.54. The van der Waals surface area contributed by atoms with Crippen LogP contribution in [0.15, 0.2) is 4.99 Å². The van der Waals surface area contributed by atoms with Crippen molar-refractivity contribution in [3.05, 3.63) is 0 Å². The van der Waals surface area contributed by atoms with Gasteiger partial charge >= 0.3 is 6.09 Å². The van der Waals surface area contributed by atoms with E-state index in [9.17, 15) is 9.90 Å². The predicted molar refractivity (Wildman–Crippen MR) is 112 cm³/mol. The smallest absolute Gasteiger partial charge is 0.407 e. The van der Waals surface area contributed by atoms with Gasteiger partial charge in [0.15, 0.2) is 5.96 Å². The third-order valence-corrected chi connectivity index (χ3v) is 4.28. The fraction of sp³-hybridized carbons (Fsp3) is 0.900. The lowest BCUT2D eigenvalue weighted by molar-refractivity contribution is 0.0170. The zero-order valence-electron chi connectivity index (χ0n) is 18.3. The molecule has 8 heteroatoms. The van der Waals surface area contributed by atoms with E-state index in [1.54, 1.807) is 0 Å². The fourth-order valence-electron chi connectivity index (χ4n) is 2.79. The van der Waals surface area contributed by atoms with Crippen LogP contribution in [0.1, 0.15) is 53.9 Å². The number of amides is 1. The van der Waals surface area contributed by atoms with Crippen LogP contribution in [-0.4, -0.2) is 79.7 Å². The van der Waals surface area contributed by atoms with E-state index in [1.807, 2.05) is 27.7 Å². The molecule has 1 fully saturated rings. The van der Waals surface area contributed by atoms with Crippen LogP contribution in [0.5, 0.6) is 0 Å². The summed E-state index contributed by atoms with van der Waals surface area (Å²) in [4.78, 5) is 18.5. The normalized spacial score (nSPS) is 17.4. The summed E-state index contributed by atoms with van der Waals surface area (Å²) in [5.74, 6) is 1.09. The molecule has 164 valence electrons. The molecule has 1 unspecified atom stereocenters. The van der Waals surface area contributed by atoms with Crippen molar-refractivity contribution >= 4 is 12.1 Å². The molecule has 0 radical (unpaired) electrons. The van der Waals surface area contributed by atoms with Crippen molar-refractivity contribution in [1.29, 1.82) is 0 Å². The van der Waals surface area contributed by atoms with Gasteiger partial charge in [0.25, 0.3) is 0 Å². The summed E-state index contributed by atoms with van der Waals surface area (Å²) in [5, 5.41) is 15.3. The molecule has 1 aliphatic rings. The maximum absolute atomic E-state index is 11.6. The molecule has 1 amide bonds. The standard InChI is InChI=1S/C20H40N4O4/c1-6-21-18(23-14-16(2)15-25)24-11-8-17(9-12-24)27-13-7-10-22-19(26)28-20(3,4)5/h16-17,25H,6-15H2,1-5H3,(H,21,23)(H,22,26). The Kier molecular flexibility index (Phi) is 11.2. The molecular weight excluding hydrogens is 360 g/mol. The lowest BCUT2D eigenvalue weighted by Crippen LogP contribution is -2.47. The van der Waals surface area contributed by atoms with Gasteiger partial charge in [-0.05, 0) is 52.9 Å². The van der Waals surface area contributed by atoms with Crippen LogP contribution in [0, 0.1) is 5.92 Å². The number of piperidine rings is 1. The quantitative estimate of drug-likeness (QED) is 0.311. The second-order valence-corrected chi connectivity index (χ2v) is 8.32. The minimum Gasteiger partial charge on any atom is -0.444 e. The highest BCUT2D eigenvalue weighted by atomic mass is 16.6. The van der Waals surface area contributed by atoms with Crippen molar-refractivity contribution in [1.82, 2.24) is 15.5 Å². The number of carbonyl (C=O) groups excluding carboxylic acids is 1. The predicted octanol–water partition coefficient (Wildman–Crippen LogP) is 1.98. The zero-order valence-corrected chi connectivity index (χ0v) is 18.3. The van der Waals surface area contributed by atoms with Gasteiger partial charge in [0.2, 0.25) is 0 Å². The molecule has 0 bridgehead atoms. The van der Waals surface area contributed by atoms with Gasteiger partial charge in [0.1, 0.15) is 5.60 Å². The summed E-state index contributed by atoms with van der Waals surface area (Å²) in [5.41, 5.74) is -0.473. The molecule has 0 saturated carbocycles. The molecule has 28 heavy (non-hydrogen) atoms. The van der Waals surface area contributed by atoms with E-state index in [4.69, 9.17) is 9.47 Å². The summed E-state index contributed by atoms with van der Waals surface area (Å²) < 4.78 is 11.2. The van der Waals surface area contributed by atoms with Crippen molar-refractivity contribution in [3.8, 4) is 0 Å². The highest BCUT2D eigenvalue weighted by molar-refractivity contribution is 5.80. The topological polar surface area (TPSA) is 95.4 Å². The van der Waals surface area contributed by atoms with Crippen LogP contribution in [0.4, 0.5) is 4.79 Å². The van der Waals surface area contributed by atoms with E-state index in [0.29, 0.717) is 19.7 Å². The van der Waals surface area contributed by atoms with Gasteiger partial charge in [-0.15, -0.1) is 0 Å². The number of hydrogen-bond donors (Lipinski definition) is 3. The highest BCUT2D eigenvalue weighted by Crippen LogP contribution is 2.14. The Bertz CT molecular complexity index is 471. The van der Waals surface area contributed by atoms with Crippen LogP contribution in [0.3, 0.4) is 0 Å². The number of likely N-dealkylation sites (tertiary alicyclic amines) is 1. The number of nitrogens with one attached hydrogen (secondary N) is 2. The summed E-state index contributed by atoms with van der Waals surface area (Å²) in [7, 11) is 0. The largest absolute Gasteiger partial charge is 0.444 e. The molecule has 1 rings (SSSR count). The third kappa shape index (κ3) is 10.7. The van der Waals surface area contributed by atoms with E-state index >= 15 is 0 Å². The minimum absolute atomic E-state index is 0.154. The van der Waals surface area contributed by atoms with Gasteiger partial charge in [0, 0.05) is 45.9 Å². The van der Waals surface area contributed by atoms with Crippen LogP contribution in [0.25, 0.3) is 0 Å². The third-order valence-electron chi connectivity index (χ3n) is 4.28. The van der Waals surface area contributed by atoms with Crippen molar-refractivity contribution in [2.45, 2.75) is 65.6 Å². The Morgan fingerprint density at radius 2 is 1.96 bits per heavy atom. The highest BCUT2D eigenvalue weighted by Gasteiger charge is 2.22. The first-order valence-electron chi connectivity index (χ1n) is 10.5. The maximum atomic E-state index is 11.6. The summed E-state index contributed by atoms with van der Waals surface area (Å²) in [6.45, 7) is 14.2. The minimum atomic E-state index is -0.473. The molecule has 1 atom stereocenters. The number of carbonyl (C=O) groups is 1. The van der Waals surface area contributed by atoms with Gasteiger partial charge in [-0.25, -0.2) is 4.79 Å². The molecule has 0 aromatic carbocycles. The van der Waals surface area contributed by atoms with E-state index in [1.165, 1.54) is 0 Å². The lowest BCUT2D eigenvalue weighted by atomic mass is 10.1. The summed E-state index contributed by atoms with van der Waals surface area (Å²) >= 11 is 0. The lowest BCUT2D eigenvalue weighted by Gasteiger charge is -2.34. The van der Waals surface area contributed by atoms with Crippen LogP contribution < -0.4 is 10.6 Å². The van der Waals surface area contributed by atoms with Crippen molar-refractivity contribution < 1.29 is 19.4 Å². The SMILES string of the molecule is CCNC(=NCC(C)CO)N1CCC(OCCCNC(=O)OC(C)(C)C)CC1. The molecule has 1 heterocycles. The monoisotopic (exact) mass is 400 g/mol. The molecule has 0 aromatic heterocycles. The Morgan fingerprint density at radius 3 is 2.54 bits per heavy atom. The average Bonchev–Trinajstić information content (AvgIpc) is 2.63. The first-order valence-corrected chi connectivity index (χ1v) is 10.5. The van der Waals surface area contributed by atoms with E-state index < -0.39 is 5.60 Å². The fourth-order valence-corrected chi connectivity index (χ4v) is 2.79. The molecular formula is C20H40N4O4. The Balaban J connectivity index is 2.24. The van der Waals surface area contributed by atoms with Crippen molar-refractivity contribution in [2.24, 2.45) is 10.9 Å². The summed E-state index contributed by atoms with van der Waals surface area (Å²) in [6, 6.07) is 0. The molecule has 0 spiro atoms. The molecule has 1 aliphatic heterocycles. The van der Waals surface area contributed by atoms with Crippen molar-refractivity contribution in [3.63, 3.8) is 0 Å². The molecule has 1 saturated heterocycles. The number of aliphatic hydroxyl groups excluding tert-OH is 1. The van der Waals surface area contributed by atoms with Gasteiger partial charge < -0.3 is 30.1 Å². The van der Waals surface area contributed by atoms with Crippen LogP contribution >= 0.6 is 0 Å². The zero-order chi connectivity index (χ0) is 21.0. The van der Waals surface area contributed by atoms with E-state index in [0.717, 1.165) is 44.9 Å². The number of alkyl carbamates (subject to hydrolysis) is 1. The van der Waals surface area contributed by atoms with Gasteiger partial charge in [0.05, 0.1) is 6.10 Å². The number of rotatable bonds is 9. The Morgan fingerprint density at radius 1 is 1.29 bits per heavy atom. The molecule has 8 nitrogen and oxygen atoms in total. The number of ether oxygens (including phenoxy) is 2.